The van der Waals surface area contributed by atoms with Gasteiger partial charge in [-0.3, -0.25) is 9.89 Å². The van der Waals surface area contributed by atoms with Crippen molar-refractivity contribution < 1.29 is 9.53 Å². The van der Waals surface area contributed by atoms with E-state index in [2.05, 4.69) is 29.3 Å². The molecule has 1 amide bonds. The van der Waals surface area contributed by atoms with Gasteiger partial charge >= 0.3 is 0 Å². The van der Waals surface area contributed by atoms with Crippen LogP contribution in [0.2, 0.25) is 0 Å². The maximum atomic E-state index is 13.3. The van der Waals surface area contributed by atoms with Gasteiger partial charge in [0.15, 0.2) is 0 Å². The first-order valence-corrected chi connectivity index (χ1v) is 11.0. The number of amides is 1. The van der Waals surface area contributed by atoms with Gasteiger partial charge < -0.3 is 9.64 Å². The number of likely N-dealkylation sites (tertiary alicyclic amines) is 1. The number of carbonyl (C=O) groups excluding carboxylic acids is 1. The Bertz CT molecular complexity index is 1180. The highest BCUT2D eigenvalue weighted by atomic mass is 16.5. The number of nitrogens with one attached hydrogen (secondary N) is 1. The molecule has 1 N–H and O–H groups in total. The second-order valence-corrected chi connectivity index (χ2v) is 8.43. The summed E-state index contributed by atoms with van der Waals surface area (Å²) in [6.07, 6.45) is 0. The van der Waals surface area contributed by atoms with E-state index in [0.717, 1.165) is 39.2 Å². The first kappa shape index (κ1) is 21.8. The fraction of sp³-hybridized carbons (Fsp3) is 0.346. The molecule has 0 unspecified atom stereocenters. The number of rotatable bonds is 6. The smallest absolute Gasteiger partial charge is 0.254 e. The summed E-state index contributed by atoms with van der Waals surface area (Å²) < 4.78 is 5.51. The Hall–Kier alpha value is -3.43. The number of aromatic amines is 1. The monoisotopic (exact) mass is 428 g/mol. The quantitative estimate of drug-likeness (QED) is 0.620. The first-order valence-electron chi connectivity index (χ1n) is 11.0. The Balaban J connectivity index is 1.54. The molecule has 1 aromatic heterocycles. The molecule has 3 aromatic rings. The highest BCUT2D eigenvalue weighted by molar-refractivity contribution is 5.98. The molecule has 0 bridgehead atoms. The summed E-state index contributed by atoms with van der Waals surface area (Å²) in [6, 6.07) is 13.9. The summed E-state index contributed by atoms with van der Waals surface area (Å²) >= 11 is 0. The Morgan fingerprint density at radius 1 is 1.19 bits per heavy atom. The number of nitriles is 1. The van der Waals surface area contributed by atoms with E-state index in [1.807, 2.05) is 56.0 Å². The molecule has 0 spiro atoms. The minimum atomic E-state index is 0.0559. The van der Waals surface area contributed by atoms with Gasteiger partial charge in [-0.2, -0.15) is 10.4 Å². The van der Waals surface area contributed by atoms with Crippen LogP contribution in [-0.4, -0.2) is 40.7 Å². The maximum Gasteiger partial charge on any atom is 0.254 e. The molecule has 0 saturated carbocycles. The standard InChI is InChI=1S/C26H28N4O2/c1-5-32-15-24-18(4)25(29-28-24)22-11-23(17(3)10-16(22)2)26(31)30-13-21(14-30)20-8-6-19(12-27)7-9-20/h6-11,21H,5,13-15H2,1-4H3,(H,28,29). The molecule has 2 heterocycles. The van der Waals surface area contributed by atoms with E-state index in [4.69, 9.17) is 10.00 Å². The minimum Gasteiger partial charge on any atom is -0.375 e. The van der Waals surface area contributed by atoms with Crippen molar-refractivity contribution in [3.8, 4) is 17.3 Å². The van der Waals surface area contributed by atoms with Crippen molar-refractivity contribution in [2.75, 3.05) is 19.7 Å². The molecule has 1 aliphatic heterocycles. The van der Waals surface area contributed by atoms with Crippen LogP contribution < -0.4 is 0 Å². The lowest BCUT2D eigenvalue weighted by atomic mass is 9.89. The van der Waals surface area contributed by atoms with Crippen molar-refractivity contribution in [1.29, 1.82) is 5.26 Å². The van der Waals surface area contributed by atoms with Crippen LogP contribution in [0.1, 0.15) is 56.7 Å². The first-order chi connectivity index (χ1) is 15.4. The predicted octanol–water partition coefficient (Wildman–Crippen LogP) is 4.65. The Morgan fingerprint density at radius 2 is 1.91 bits per heavy atom. The van der Waals surface area contributed by atoms with Crippen molar-refractivity contribution >= 4 is 5.91 Å². The Labute approximate surface area is 188 Å². The van der Waals surface area contributed by atoms with Crippen LogP contribution >= 0.6 is 0 Å². The van der Waals surface area contributed by atoms with E-state index in [1.54, 1.807) is 0 Å². The lowest BCUT2D eigenvalue weighted by Crippen LogP contribution is -2.48. The van der Waals surface area contributed by atoms with Crippen molar-refractivity contribution in [2.45, 2.75) is 40.2 Å². The molecule has 2 aromatic carbocycles. The number of hydrogen-bond acceptors (Lipinski definition) is 4. The molecule has 1 saturated heterocycles. The van der Waals surface area contributed by atoms with Gasteiger partial charge in [-0.1, -0.05) is 18.2 Å². The van der Waals surface area contributed by atoms with Gasteiger partial charge in [0.2, 0.25) is 0 Å². The van der Waals surface area contributed by atoms with Gasteiger partial charge in [0.1, 0.15) is 0 Å². The molecular formula is C26H28N4O2. The van der Waals surface area contributed by atoms with Gasteiger partial charge in [-0.05, 0) is 62.6 Å². The average molecular weight is 429 g/mol. The van der Waals surface area contributed by atoms with Gasteiger partial charge in [0.05, 0.1) is 29.6 Å². The van der Waals surface area contributed by atoms with E-state index in [1.165, 1.54) is 5.56 Å². The molecule has 0 radical (unpaired) electrons. The summed E-state index contributed by atoms with van der Waals surface area (Å²) in [5.74, 6) is 0.369. The number of aryl methyl sites for hydroxylation is 2. The second kappa shape index (κ2) is 8.97. The van der Waals surface area contributed by atoms with Gasteiger partial charge in [0, 0.05) is 42.3 Å². The fourth-order valence-corrected chi connectivity index (χ4v) is 4.24. The zero-order valence-electron chi connectivity index (χ0n) is 19.0. The molecule has 0 atom stereocenters. The Kier molecular flexibility index (Phi) is 6.11. The third-order valence-electron chi connectivity index (χ3n) is 6.30. The Morgan fingerprint density at radius 3 is 2.56 bits per heavy atom. The molecule has 1 fully saturated rings. The summed E-state index contributed by atoms with van der Waals surface area (Å²) in [5, 5.41) is 16.5. The number of carbonyl (C=O) groups is 1. The predicted molar refractivity (Wildman–Crippen MR) is 123 cm³/mol. The van der Waals surface area contributed by atoms with E-state index in [9.17, 15) is 4.79 Å². The zero-order valence-corrected chi connectivity index (χ0v) is 19.0. The van der Waals surface area contributed by atoms with Crippen LogP contribution in [-0.2, 0) is 11.3 Å². The number of aromatic nitrogens is 2. The van der Waals surface area contributed by atoms with Crippen molar-refractivity contribution in [2.24, 2.45) is 0 Å². The minimum absolute atomic E-state index is 0.0559. The van der Waals surface area contributed by atoms with E-state index >= 15 is 0 Å². The summed E-state index contributed by atoms with van der Waals surface area (Å²) in [4.78, 5) is 15.2. The molecule has 6 nitrogen and oxygen atoms in total. The topological polar surface area (TPSA) is 82.0 Å². The van der Waals surface area contributed by atoms with Gasteiger partial charge in [-0.15, -0.1) is 0 Å². The molecule has 164 valence electrons. The number of hydrogen-bond donors (Lipinski definition) is 1. The number of H-pyrrole nitrogens is 1. The van der Waals surface area contributed by atoms with Crippen LogP contribution in [0.15, 0.2) is 36.4 Å². The molecule has 32 heavy (non-hydrogen) atoms. The van der Waals surface area contributed by atoms with Crippen molar-refractivity contribution in [3.63, 3.8) is 0 Å². The van der Waals surface area contributed by atoms with E-state index in [0.29, 0.717) is 37.8 Å². The van der Waals surface area contributed by atoms with E-state index < -0.39 is 0 Å². The van der Waals surface area contributed by atoms with Crippen molar-refractivity contribution in [1.82, 2.24) is 15.1 Å². The molecule has 0 aliphatic carbocycles. The van der Waals surface area contributed by atoms with E-state index in [-0.39, 0.29) is 5.91 Å². The summed E-state index contributed by atoms with van der Waals surface area (Å²) in [5.41, 5.74) is 8.51. The second-order valence-electron chi connectivity index (χ2n) is 8.43. The van der Waals surface area contributed by atoms with Gasteiger partial charge in [0.25, 0.3) is 5.91 Å². The van der Waals surface area contributed by atoms with Crippen LogP contribution in [0.4, 0.5) is 0 Å². The highest BCUT2D eigenvalue weighted by Crippen LogP contribution is 2.32. The van der Waals surface area contributed by atoms with Gasteiger partial charge in [-0.25, -0.2) is 0 Å². The normalized spacial score (nSPS) is 13.7. The molecule has 1 aliphatic rings. The molecule has 6 heteroatoms. The van der Waals surface area contributed by atoms with Crippen LogP contribution in [0.3, 0.4) is 0 Å². The summed E-state index contributed by atoms with van der Waals surface area (Å²) in [6.45, 7) is 10.5. The zero-order chi connectivity index (χ0) is 22.8. The van der Waals surface area contributed by atoms with Crippen LogP contribution in [0, 0.1) is 32.1 Å². The summed E-state index contributed by atoms with van der Waals surface area (Å²) in [7, 11) is 0. The number of benzene rings is 2. The average Bonchev–Trinajstić information content (AvgIpc) is 3.11. The lowest BCUT2D eigenvalue weighted by molar-refractivity contribution is 0.0601. The number of ether oxygens (including phenoxy) is 1. The largest absolute Gasteiger partial charge is 0.375 e. The highest BCUT2D eigenvalue weighted by Gasteiger charge is 2.33. The number of nitrogens with zero attached hydrogens (tertiary/aromatic N) is 3. The van der Waals surface area contributed by atoms with Crippen LogP contribution in [0.5, 0.6) is 0 Å². The molecular weight excluding hydrogens is 400 g/mol. The van der Waals surface area contributed by atoms with Crippen LogP contribution in [0.25, 0.3) is 11.3 Å². The lowest BCUT2D eigenvalue weighted by Gasteiger charge is -2.40. The maximum absolute atomic E-state index is 13.3. The fourth-order valence-electron chi connectivity index (χ4n) is 4.24. The third kappa shape index (κ3) is 4.04. The third-order valence-corrected chi connectivity index (χ3v) is 6.30. The molecule has 4 rings (SSSR count). The SMILES string of the molecule is CCOCc1n[nH]c(-c2cc(C(=O)N3CC(c4ccc(C#N)cc4)C3)c(C)cc2C)c1C. The van der Waals surface area contributed by atoms with Crippen molar-refractivity contribution in [3.05, 3.63) is 75.5 Å².